The van der Waals surface area contributed by atoms with E-state index in [-0.39, 0.29) is 5.56 Å². The number of hydrogen-bond donors (Lipinski definition) is 0. The number of aromatic nitrogens is 1. The second-order valence-electron chi connectivity index (χ2n) is 4.30. The van der Waals surface area contributed by atoms with E-state index in [1.807, 2.05) is 19.9 Å². The summed E-state index contributed by atoms with van der Waals surface area (Å²) in [5.41, 5.74) is 3.00. The van der Waals surface area contributed by atoms with Gasteiger partial charge in [-0.15, -0.1) is 0 Å². The van der Waals surface area contributed by atoms with Crippen molar-refractivity contribution in [1.29, 1.82) is 5.26 Å². The standard InChI is InChI=1S/C15H13N3O/c1-11-7-12(2)18(15(19)8-11)17-10-14-5-3-13(9-16)4-6-14/h3-8,10H,1-2H3. The highest BCUT2D eigenvalue weighted by atomic mass is 16.1. The molecule has 0 radical (unpaired) electrons. The molecule has 0 amide bonds. The second kappa shape index (κ2) is 5.32. The lowest BCUT2D eigenvalue weighted by Crippen LogP contribution is -2.18. The van der Waals surface area contributed by atoms with E-state index < -0.39 is 0 Å². The van der Waals surface area contributed by atoms with E-state index >= 15 is 0 Å². The van der Waals surface area contributed by atoms with Crippen LogP contribution in [0.5, 0.6) is 0 Å². The number of nitrogens with zero attached hydrogens (tertiary/aromatic N) is 3. The molecule has 0 aliphatic carbocycles. The van der Waals surface area contributed by atoms with Crippen LogP contribution >= 0.6 is 0 Å². The van der Waals surface area contributed by atoms with Gasteiger partial charge in [-0.2, -0.15) is 10.4 Å². The van der Waals surface area contributed by atoms with E-state index in [9.17, 15) is 4.79 Å². The molecule has 0 atom stereocenters. The number of pyridine rings is 1. The van der Waals surface area contributed by atoms with Gasteiger partial charge in [-0.3, -0.25) is 4.79 Å². The van der Waals surface area contributed by atoms with Crippen molar-refractivity contribution in [3.8, 4) is 6.07 Å². The number of hydrogen-bond acceptors (Lipinski definition) is 3. The molecule has 0 saturated heterocycles. The number of benzene rings is 1. The highest BCUT2D eigenvalue weighted by Crippen LogP contribution is 2.02. The predicted molar refractivity (Wildman–Crippen MR) is 74.3 cm³/mol. The van der Waals surface area contributed by atoms with Crippen LogP contribution in [-0.4, -0.2) is 10.9 Å². The summed E-state index contributed by atoms with van der Waals surface area (Å²) in [4.78, 5) is 11.8. The van der Waals surface area contributed by atoms with Gasteiger partial charge in [-0.05, 0) is 43.2 Å². The highest BCUT2D eigenvalue weighted by molar-refractivity contribution is 5.79. The van der Waals surface area contributed by atoms with Gasteiger partial charge >= 0.3 is 0 Å². The van der Waals surface area contributed by atoms with E-state index in [0.717, 1.165) is 16.8 Å². The van der Waals surface area contributed by atoms with Gasteiger partial charge in [0.15, 0.2) is 0 Å². The average Bonchev–Trinajstić information content (AvgIpc) is 2.38. The molecule has 1 heterocycles. The van der Waals surface area contributed by atoms with Crippen LogP contribution in [0.15, 0.2) is 46.3 Å². The summed E-state index contributed by atoms with van der Waals surface area (Å²) >= 11 is 0. The van der Waals surface area contributed by atoms with E-state index in [1.165, 1.54) is 4.68 Å². The van der Waals surface area contributed by atoms with Crippen LogP contribution in [0.1, 0.15) is 22.4 Å². The van der Waals surface area contributed by atoms with E-state index in [0.29, 0.717) is 5.56 Å². The lowest BCUT2D eigenvalue weighted by Gasteiger charge is -2.03. The van der Waals surface area contributed by atoms with Gasteiger partial charge in [-0.25, -0.2) is 4.68 Å². The van der Waals surface area contributed by atoms with Gasteiger partial charge in [0.25, 0.3) is 5.56 Å². The summed E-state index contributed by atoms with van der Waals surface area (Å²) < 4.78 is 1.35. The van der Waals surface area contributed by atoms with E-state index in [1.54, 1.807) is 36.5 Å². The molecule has 0 fully saturated rings. The molecule has 0 unspecified atom stereocenters. The number of rotatable bonds is 2. The third-order valence-electron chi connectivity index (χ3n) is 2.69. The maximum Gasteiger partial charge on any atom is 0.271 e. The molecule has 4 heteroatoms. The smallest absolute Gasteiger partial charge is 0.267 e. The Morgan fingerprint density at radius 2 is 1.89 bits per heavy atom. The first-order valence-corrected chi connectivity index (χ1v) is 5.85. The molecule has 0 bridgehead atoms. The van der Waals surface area contributed by atoms with Crippen LogP contribution in [0, 0.1) is 25.2 Å². The molecule has 94 valence electrons. The quantitative estimate of drug-likeness (QED) is 0.768. The van der Waals surface area contributed by atoms with Crippen LogP contribution in [0.3, 0.4) is 0 Å². The van der Waals surface area contributed by atoms with Gasteiger partial charge in [0.2, 0.25) is 0 Å². The van der Waals surface area contributed by atoms with Gasteiger partial charge in [0.1, 0.15) is 0 Å². The zero-order chi connectivity index (χ0) is 13.8. The summed E-state index contributed by atoms with van der Waals surface area (Å²) in [5.74, 6) is 0. The number of nitriles is 1. The Labute approximate surface area is 111 Å². The summed E-state index contributed by atoms with van der Waals surface area (Å²) in [6.07, 6.45) is 1.60. The Morgan fingerprint density at radius 1 is 1.21 bits per heavy atom. The molecule has 0 saturated carbocycles. The molecular formula is C15H13N3O. The van der Waals surface area contributed by atoms with Crippen molar-refractivity contribution in [3.63, 3.8) is 0 Å². The lowest BCUT2D eigenvalue weighted by molar-refractivity contribution is 0.791. The van der Waals surface area contributed by atoms with Crippen molar-refractivity contribution in [2.24, 2.45) is 5.10 Å². The Balaban J connectivity index is 2.33. The van der Waals surface area contributed by atoms with Crippen LogP contribution in [0.25, 0.3) is 0 Å². The maximum atomic E-state index is 11.8. The van der Waals surface area contributed by atoms with Crippen molar-refractivity contribution in [2.45, 2.75) is 13.8 Å². The van der Waals surface area contributed by atoms with Crippen LogP contribution < -0.4 is 5.56 Å². The Kier molecular flexibility index (Phi) is 3.58. The van der Waals surface area contributed by atoms with Crippen molar-refractivity contribution in [3.05, 3.63) is 69.1 Å². The first kappa shape index (κ1) is 12.8. The summed E-state index contributed by atoms with van der Waals surface area (Å²) in [5, 5.41) is 12.9. The van der Waals surface area contributed by atoms with Crippen molar-refractivity contribution < 1.29 is 0 Å². The fourth-order valence-corrected chi connectivity index (χ4v) is 1.78. The third kappa shape index (κ3) is 2.96. The molecule has 1 aromatic heterocycles. The molecule has 2 rings (SSSR count). The maximum absolute atomic E-state index is 11.8. The van der Waals surface area contributed by atoms with Crippen LogP contribution in [0.4, 0.5) is 0 Å². The lowest BCUT2D eigenvalue weighted by atomic mass is 10.2. The predicted octanol–water partition coefficient (Wildman–Crippen LogP) is 2.22. The fourth-order valence-electron chi connectivity index (χ4n) is 1.78. The molecule has 19 heavy (non-hydrogen) atoms. The van der Waals surface area contributed by atoms with Gasteiger partial charge in [0, 0.05) is 11.8 Å². The Hall–Kier alpha value is -2.67. The molecule has 4 nitrogen and oxygen atoms in total. The molecule has 0 aliphatic rings. The van der Waals surface area contributed by atoms with Crippen molar-refractivity contribution in [1.82, 2.24) is 4.68 Å². The minimum absolute atomic E-state index is 0.151. The third-order valence-corrected chi connectivity index (χ3v) is 2.69. The molecule has 2 aromatic rings. The SMILES string of the molecule is Cc1cc(C)n(N=Cc2ccc(C#N)cc2)c(=O)c1. The van der Waals surface area contributed by atoms with Crippen molar-refractivity contribution >= 4 is 6.21 Å². The van der Waals surface area contributed by atoms with Crippen LogP contribution in [-0.2, 0) is 0 Å². The molecular weight excluding hydrogens is 238 g/mol. The average molecular weight is 251 g/mol. The molecule has 0 aliphatic heterocycles. The molecule has 0 spiro atoms. The summed E-state index contributed by atoms with van der Waals surface area (Å²) in [7, 11) is 0. The minimum atomic E-state index is -0.151. The monoisotopic (exact) mass is 251 g/mol. The van der Waals surface area contributed by atoms with Crippen LogP contribution in [0.2, 0.25) is 0 Å². The normalized spacial score (nSPS) is 10.6. The topological polar surface area (TPSA) is 58.1 Å². The number of aryl methyl sites for hydroxylation is 2. The zero-order valence-corrected chi connectivity index (χ0v) is 10.8. The fraction of sp³-hybridized carbons (Fsp3) is 0.133. The van der Waals surface area contributed by atoms with Gasteiger partial charge in [-0.1, -0.05) is 12.1 Å². The molecule has 0 N–H and O–H groups in total. The van der Waals surface area contributed by atoms with E-state index in [4.69, 9.17) is 5.26 Å². The first-order chi connectivity index (χ1) is 9.10. The largest absolute Gasteiger partial charge is 0.271 e. The highest BCUT2D eigenvalue weighted by Gasteiger charge is 1.99. The zero-order valence-electron chi connectivity index (χ0n) is 10.8. The summed E-state index contributed by atoms with van der Waals surface area (Å²) in [6.45, 7) is 3.72. The Morgan fingerprint density at radius 3 is 2.47 bits per heavy atom. The second-order valence-corrected chi connectivity index (χ2v) is 4.30. The minimum Gasteiger partial charge on any atom is -0.267 e. The van der Waals surface area contributed by atoms with Gasteiger partial charge in [0.05, 0.1) is 17.8 Å². The summed E-state index contributed by atoms with van der Waals surface area (Å²) in [6, 6.07) is 12.5. The van der Waals surface area contributed by atoms with Gasteiger partial charge < -0.3 is 0 Å². The van der Waals surface area contributed by atoms with Crippen molar-refractivity contribution in [2.75, 3.05) is 0 Å². The Bertz CT molecular complexity index is 719. The van der Waals surface area contributed by atoms with E-state index in [2.05, 4.69) is 11.2 Å². The molecule has 1 aromatic carbocycles. The first-order valence-electron chi connectivity index (χ1n) is 5.85.